The van der Waals surface area contributed by atoms with Crippen molar-refractivity contribution in [2.75, 3.05) is 19.7 Å². The van der Waals surface area contributed by atoms with Gasteiger partial charge in [-0.1, -0.05) is 91.0 Å². The minimum Gasteiger partial charge on any atom is -0.465 e. The van der Waals surface area contributed by atoms with E-state index in [4.69, 9.17) is 9.47 Å². The van der Waals surface area contributed by atoms with Gasteiger partial charge in [0.2, 0.25) is 0 Å². The molecule has 196 valence electrons. The number of hydrogen-bond donors (Lipinski definition) is 1. The highest BCUT2D eigenvalue weighted by molar-refractivity contribution is 5.71. The van der Waals surface area contributed by atoms with E-state index >= 15 is 0 Å². The van der Waals surface area contributed by atoms with Crippen molar-refractivity contribution in [2.45, 2.75) is 51.8 Å². The fourth-order valence-corrected chi connectivity index (χ4v) is 4.37. The quantitative estimate of drug-likeness (QED) is 0.337. The number of nitrogens with zero attached hydrogens (tertiary/aromatic N) is 1. The van der Waals surface area contributed by atoms with Crippen LogP contribution >= 0.6 is 0 Å². The predicted octanol–water partition coefficient (Wildman–Crippen LogP) is 5.78. The van der Waals surface area contributed by atoms with Crippen LogP contribution in [0.1, 0.15) is 50.3 Å². The van der Waals surface area contributed by atoms with Crippen LogP contribution in [-0.4, -0.2) is 48.3 Å². The summed E-state index contributed by atoms with van der Waals surface area (Å²) in [4.78, 5) is 27.6. The Kier molecular flexibility index (Phi) is 10.3. The van der Waals surface area contributed by atoms with E-state index in [-0.39, 0.29) is 18.4 Å². The van der Waals surface area contributed by atoms with Gasteiger partial charge >= 0.3 is 12.1 Å². The Morgan fingerprint density at radius 3 is 1.84 bits per heavy atom. The molecule has 3 aromatic carbocycles. The lowest BCUT2D eigenvalue weighted by atomic mass is 9.84. The first kappa shape index (κ1) is 27.9. The average molecular weight is 503 g/mol. The van der Waals surface area contributed by atoms with Crippen molar-refractivity contribution < 1.29 is 19.1 Å². The summed E-state index contributed by atoms with van der Waals surface area (Å²) < 4.78 is 10.9. The molecule has 0 aliphatic carbocycles. The second kappa shape index (κ2) is 13.6. The number of benzene rings is 3. The molecule has 1 atom stereocenters. The minimum absolute atomic E-state index is 0.103. The summed E-state index contributed by atoms with van der Waals surface area (Å²) in [6.07, 6.45) is -0.495. The number of amides is 1. The van der Waals surface area contributed by atoms with Crippen molar-refractivity contribution in [1.82, 2.24) is 10.2 Å². The summed E-state index contributed by atoms with van der Waals surface area (Å²) in [6, 6.07) is 29.8. The maximum absolute atomic E-state index is 13.1. The standard InChI is InChI=1S/C31H38N2O4/c1-5-36-28(34)23-33(21-24-15-9-6-10-16-24)22-27(32-30(35)37-31(2,3)4)29(25-17-11-7-12-18-25)26-19-13-8-14-20-26/h6-20,27,29H,5,21-23H2,1-4H3,(H,32,35). The van der Waals surface area contributed by atoms with E-state index in [0.29, 0.717) is 19.7 Å². The molecule has 6 heteroatoms. The van der Waals surface area contributed by atoms with Gasteiger partial charge in [-0.25, -0.2) is 4.79 Å². The number of carbonyl (C=O) groups excluding carboxylic acids is 2. The second-order valence-corrected chi connectivity index (χ2v) is 10.0. The molecular formula is C31H38N2O4. The molecule has 0 saturated heterocycles. The van der Waals surface area contributed by atoms with E-state index in [2.05, 4.69) is 29.6 Å². The molecule has 0 radical (unpaired) electrons. The molecule has 1 N–H and O–H groups in total. The van der Waals surface area contributed by atoms with Crippen LogP contribution in [0.15, 0.2) is 91.0 Å². The van der Waals surface area contributed by atoms with E-state index in [9.17, 15) is 9.59 Å². The summed E-state index contributed by atoms with van der Waals surface area (Å²) in [5.41, 5.74) is 2.55. The third-order valence-electron chi connectivity index (χ3n) is 5.78. The predicted molar refractivity (Wildman–Crippen MR) is 146 cm³/mol. The molecule has 0 bridgehead atoms. The van der Waals surface area contributed by atoms with Crippen molar-refractivity contribution >= 4 is 12.1 Å². The number of esters is 1. The van der Waals surface area contributed by atoms with Crippen molar-refractivity contribution in [3.05, 3.63) is 108 Å². The molecule has 3 aromatic rings. The first-order chi connectivity index (χ1) is 17.7. The maximum Gasteiger partial charge on any atom is 0.407 e. The van der Waals surface area contributed by atoms with Gasteiger partial charge < -0.3 is 14.8 Å². The van der Waals surface area contributed by atoms with Crippen LogP contribution in [0.4, 0.5) is 4.79 Å². The van der Waals surface area contributed by atoms with Gasteiger partial charge in [0.25, 0.3) is 0 Å². The Bertz CT molecular complexity index is 1060. The van der Waals surface area contributed by atoms with Crippen molar-refractivity contribution in [3.8, 4) is 0 Å². The fourth-order valence-electron chi connectivity index (χ4n) is 4.37. The number of carbonyl (C=O) groups is 2. The number of rotatable bonds is 11. The highest BCUT2D eigenvalue weighted by Crippen LogP contribution is 2.29. The number of ether oxygens (including phenoxy) is 2. The lowest BCUT2D eigenvalue weighted by molar-refractivity contribution is -0.144. The summed E-state index contributed by atoms with van der Waals surface area (Å²) in [7, 11) is 0. The highest BCUT2D eigenvalue weighted by Gasteiger charge is 2.31. The van der Waals surface area contributed by atoms with Gasteiger partial charge in [-0.15, -0.1) is 0 Å². The monoisotopic (exact) mass is 502 g/mol. The molecule has 6 nitrogen and oxygen atoms in total. The number of alkyl carbamates (subject to hydrolysis) is 1. The highest BCUT2D eigenvalue weighted by atomic mass is 16.6. The molecular weight excluding hydrogens is 464 g/mol. The van der Waals surface area contributed by atoms with Crippen LogP contribution in [0.2, 0.25) is 0 Å². The molecule has 0 fully saturated rings. The molecule has 1 amide bonds. The summed E-state index contributed by atoms with van der Waals surface area (Å²) in [5, 5.41) is 3.14. The fraction of sp³-hybridized carbons (Fsp3) is 0.355. The van der Waals surface area contributed by atoms with Gasteiger partial charge in [0, 0.05) is 19.0 Å². The Hall–Kier alpha value is -3.64. The van der Waals surface area contributed by atoms with Crippen LogP contribution in [0.3, 0.4) is 0 Å². The minimum atomic E-state index is -0.641. The third kappa shape index (κ3) is 9.39. The molecule has 0 saturated carbocycles. The van der Waals surface area contributed by atoms with Gasteiger partial charge in [-0.05, 0) is 44.4 Å². The summed E-state index contributed by atoms with van der Waals surface area (Å²) >= 11 is 0. The third-order valence-corrected chi connectivity index (χ3v) is 5.78. The zero-order valence-corrected chi connectivity index (χ0v) is 22.2. The zero-order chi connectivity index (χ0) is 26.7. The van der Waals surface area contributed by atoms with Gasteiger partial charge in [0.05, 0.1) is 19.2 Å². The van der Waals surface area contributed by atoms with E-state index < -0.39 is 17.7 Å². The van der Waals surface area contributed by atoms with Crippen LogP contribution in [0, 0.1) is 0 Å². The smallest absolute Gasteiger partial charge is 0.407 e. The van der Waals surface area contributed by atoms with Crippen molar-refractivity contribution in [3.63, 3.8) is 0 Å². The first-order valence-corrected chi connectivity index (χ1v) is 12.8. The Balaban J connectivity index is 2.00. The van der Waals surface area contributed by atoms with Gasteiger partial charge in [-0.3, -0.25) is 9.69 Å². The van der Waals surface area contributed by atoms with E-state index in [1.807, 2.05) is 92.4 Å². The van der Waals surface area contributed by atoms with Crippen LogP contribution < -0.4 is 5.32 Å². The topological polar surface area (TPSA) is 67.9 Å². The number of nitrogens with one attached hydrogen (secondary N) is 1. The Morgan fingerprint density at radius 2 is 1.35 bits per heavy atom. The molecule has 0 aromatic heterocycles. The normalized spacial score (nSPS) is 12.3. The van der Waals surface area contributed by atoms with Crippen molar-refractivity contribution in [1.29, 1.82) is 0 Å². The van der Waals surface area contributed by atoms with Crippen LogP contribution in [-0.2, 0) is 20.8 Å². The summed E-state index contributed by atoms with van der Waals surface area (Å²) in [5.74, 6) is -0.471. The molecule has 3 rings (SSSR count). The second-order valence-electron chi connectivity index (χ2n) is 10.0. The first-order valence-electron chi connectivity index (χ1n) is 12.8. The zero-order valence-electron chi connectivity index (χ0n) is 22.2. The van der Waals surface area contributed by atoms with Crippen molar-refractivity contribution in [2.24, 2.45) is 0 Å². The maximum atomic E-state index is 13.1. The largest absolute Gasteiger partial charge is 0.465 e. The number of hydrogen-bond acceptors (Lipinski definition) is 5. The SMILES string of the molecule is CCOC(=O)CN(Cc1ccccc1)CC(NC(=O)OC(C)(C)C)C(c1ccccc1)c1ccccc1. The van der Waals surface area contributed by atoms with Crippen LogP contribution in [0.5, 0.6) is 0 Å². The lowest BCUT2D eigenvalue weighted by Gasteiger charge is -2.34. The molecule has 1 unspecified atom stereocenters. The van der Waals surface area contributed by atoms with Gasteiger partial charge in [0.15, 0.2) is 0 Å². The van der Waals surface area contributed by atoms with E-state index in [1.165, 1.54) is 0 Å². The molecule has 0 heterocycles. The van der Waals surface area contributed by atoms with Gasteiger partial charge in [0.1, 0.15) is 5.60 Å². The molecule has 0 aliphatic heterocycles. The molecule has 37 heavy (non-hydrogen) atoms. The molecule has 0 aliphatic rings. The summed E-state index contributed by atoms with van der Waals surface area (Å²) in [6.45, 7) is 8.68. The Morgan fingerprint density at radius 1 is 0.838 bits per heavy atom. The lowest BCUT2D eigenvalue weighted by Crippen LogP contribution is -2.49. The van der Waals surface area contributed by atoms with E-state index in [1.54, 1.807) is 6.92 Å². The van der Waals surface area contributed by atoms with E-state index in [0.717, 1.165) is 16.7 Å². The molecule has 0 spiro atoms. The average Bonchev–Trinajstić information content (AvgIpc) is 2.85. The van der Waals surface area contributed by atoms with Gasteiger partial charge in [-0.2, -0.15) is 0 Å². The Labute approximate surface area is 220 Å². The van der Waals surface area contributed by atoms with Crippen LogP contribution in [0.25, 0.3) is 0 Å².